The lowest BCUT2D eigenvalue weighted by Gasteiger charge is -2.31. The predicted molar refractivity (Wildman–Crippen MR) is 132 cm³/mol. The van der Waals surface area contributed by atoms with E-state index < -0.39 is 6.23 Å². The van der Waals surface area contributed by atoms with Crippen LogP contribution in [0.4, 0.5) is 0 Å². The molecule has 3 heteroatoms. The molecule has 0 aliphatic heterocycles. The summed E-state index contributed by atoms with van der Waals surface area (Å²) in [6, 6.07) is 20.0. The Kier molecular flexibility index (Phi) is 11.6. The molecule has 0 aromatic heterocycles. The summed E-state index contributed by atoms with van der Waals surface area (Å²) in [5.74, 6) is 0.453. The van der Waals surface area contributed by atoms with E-state index in [-0.39, 0.29) is 6.04 Å². The van der Waals surface area contributed by atoms with Crippen molar-refractivity contribution < 1.29 is 5.11 Å². The highest BCUT2D eigenvalue weighted by atomic mass is 32.2. The summed E-state index contributed by atoms with van der Waals surface area (Å²) in [6.07, 6.45) is 7.53. The van der Waals surface area contributed by atoms with Crippen molar-refractivity contribution in [1.82, 2.24) is 5.32 Å². The third-order valence-corrected chi connectivity index (χ3v) is 6.63. The number of nitrogens with one attached hydrogen (secondary N) is 1. The summed E-state index contributed by atoms with van der Waals surface area (Å²) in [5, 5.41) is 14.6. The second-order valence-corrected chi connectivity index (χ2v) is 10.3. The Labute approximate surface area is 188 Å². The highest BCUT2D eigenvalue weighted by molar-refractivity contribution is 7.99. The maximum Gasteiger partial charge on any atom is 0.105 e. The third-order valence-electron chi connectivity index (χ3n) is 5.61. The number of aliphatic hydroxyl groups excluding tert-OH is 1. The van der Waals surface area contributed by atoms with Crippen molar-refractivity contribution in [1.29, 1.82) is 0 Å². The van der Waals surface area contributed by atoms with Crippen LogP contribution in [0.3, 0.4) is 0 Å². The summed E-state index contributed by atoms with van der Waals surface area (Å²) in [6.45, 7) is 8.75. The molecule has 0 radical (unpaired) electrons. The maximum absolute atomic E-state index is 10.5. The lowest BCUT2D eigenvalue weighted by Crippen LogP contribution is -2.37. The molecule has 0 heterocycles. The molecule has 2 aromatic rings. The first-order valence-corrected chi connectivity index (χ1v) is 12.7. The third kappa shape index (κ3) is 8.83. The van der Waals surface area contributed by atoms with Gasteiger partial charge in [-0.3, -0.25) is 5.32 Å². The lowest BCUT2D eigenvalue weighted by molar-refractivity contribution is 0.102. The Balaban J connectivity index is 2.25. The molecule has 0 saturated heterocycles. The quantitative estimate of drug-likeness (QED) is 0.187. The maximum atomic E-state index is 10.5. The smallest absolute Gasteiger partial charge is 0.105 e. The van der Waals surface area contributed by atoms with Crippen LogP contribution < -0.4 is 5.32 Å². The summed E-state index contributed by atoms with van der Waals surface area (Å²) in [4.78, 5) is 1.31. The van der Waals surface area contributed by atoms with Crippen molar-refractivity contribution in [3.63, 3.8) is 0 Å². The molecule has 0 fully saturated rings. The lowest BCUT2D eigenvalue weighted by atomic mass is 9.83. The normalized spacial score (nSPS) is 14.6. The number of hydrogen-bond acceptors (Lipinski definition) is 3. The zero-order chi connectivity index (χ0) is 21.8. The van der Waals surface area contributed by atoms with Crippen LogP contribution in [0.2, 0.25) is 0 Å². The van der Waals surface area contributed by atoms with Crippen molar-refractivity contribution >= 4 is 11.8 Å². The molecule has 3 atom stereocenters. The van der Waals surface area contributed by atoms with Crippen molar-refractivity contribution in [3.8, 4) is 0 Å². The first kappa shape index (κ1) is 25.0. The van der Waals surface area contributed by atoms with E-state index in [9.17, 15) is 5.11 Å². The van der Waals surface area contributed by atoms with Gasteiger partial charge in [-0.2, -0.15) is 0 Å². The van der Waals surface area contributed by atoms with Crippen LogP contribution in [0, 0.1) is 5.92 Å². The van der Waals surface area contributed by atoms with Gasteiger partial charge < -0.3 is 5.11 Å². The van der Waals surface area contributed by atoms with Crippen molar-refractivity contribution in [2.75, 3.05) is 0 Å². The van der Waals surface area contributed by atoms with Crippen molar-refractivity contribution in [2.24, 2.45) is 5.92 Å². The molecule has 166 valence electrons. The first-order chi connectivity index (χ1) is 14.5. The van der Waals surface area contributed by atoms with Gasteiger partial charge in [0.15, 0.2) is 0 Å². The molecule has 0 saturated carbocycles. The molecule has 3 unspecified atom stereocenters. The number of thioether (sulfide) groups is 1. The van der Waals surface area contributed by atoms with Gasteiger partial charge in [0.05, 0.1) is 0 Å². The molecule has 0 amide bonds. The number of benzene rings is 2. The molecule has 0 spiro atoms. The Hall–Kier alpha value is -1.29. The fourth-order valence-electron chi connectivity index (χ4n) is 3.99. The number of unbranched alkanes of at least 4 members (excludes halogenated alkanes) is 3. The minimum absolute atomic E-state index is 0.153. The van der Waals surface area contributed by atoms with Gasteiger partial charge in [0.25, 0.3) is 0 Å². The highest BCUT2D eigenvalue weighted by Gasteiger charge is 2.25. The fourth-order valence-corrected chi connectivity index (χ4v) is 4.83. The van der Waals surface area contributed by atoms with E-state index in [4.69, 9.17) is 0 Å². The van der Waals surface area contributed by atoms with E-state index in [1.165, 1.54) is 48.1 Å². The summed E-state index contributed by atoms with van der Waals surface area (Å²) < 4.78 is 0. The Bertz CT molecular complexity index is 686. The molecule has 2 N–H and O–H groups in total. The van der Waals surface area contributed by atoms with Gasteiger partial charge in [-0.05, 0) is 48.4 Å². The van der Waals surface area contributed by atoms with E-state index >= 15 is 0 Å². The summed E-state index contributed by atoms with van der Waals surface area (Å²) in [5.41, 5.74) is 2.66. The summed E-state index contributed by atoms with van der Waals surface area (Å²) >= 11 is 1.90. The van der Waals surface area contributed by atoms with Crippen molar-refractivity contribution in [2.45, 2.75) is 95.1 Å². The van der Waals surface area contributed by atoms with Crippen LogP contribution in [0.5, 0.6) is 0 Å². The molecule has 0 aliphatic rings. The standard InChI is InChI=1S/C27H41NOS/c1-5-7-8-12-15-24(20-22-13-10-9-11-14-22)27(28-26(29)6-2)23-16-18-25(19-17-23)30-21(3)4/h9-11,13-14,16-19,21,24,26-29H,5-8,12,15,20H2,1-4H3. The van der Waals surface area contributed by atoms with E-state index in [1.54, 1.807) is 0 Å². The minimum atomic E-state index is -0.478. The number of rotatable bonds is 14. The molecule has 2 rings (SSSR count). The van der Waals surface area contributed by atoms with Gasteiger partial charge in [0, 0.05) is 16.2 Å². The van der Waals surface area contributed by atoms with Gasteiger partial charge in [0.1, 0.15) is 6.23 Å². The second-order valence-electron chi connectivity index (χ2n) is 8.60. The van der Waals surface area contributed by atoms with Crippen LogP contribution >= 0.6 is 11.8 Å². The predicted octanol–water partition coefficient (Wildman–Crippen LogP) is 7.38. The molecule has 30 heavy (non-hydrogen) atoms. The molecule has 0 aliphatic carbocycles. The average Bonchev–Trinajstić information content (AvgIpc) is 2.75. The van der Waals surface area contributed by atoms with E-state index in [2.05, 4.69) is 80.7 Å². The van der Waals surface area contributed by atoms with Gasteiger partial charge in [-0.25, -0.2) is 0 Å². The molecule has 0 bridgehead atoms. The second kappa shape index (κ2) is 13.9. The molecular weight excluding hydrogens is 386 g/mol. The molecule has 2 aromatic carbocycles. The molecule has 2 nitrogen and oxygen atoms in total. The first-order valence-electron chi connectivity index (χ1n) is 11.8. The van der Waals surface area contributed by atoms with E-state index in [0.29, 0.717) is 17.6 Å². The zero-order valence-corrected chi connectivity index (χ0v) is 20.1. The number of hydrogen-bond donors (Lipinski definition) is 2. The van der Waals surface area contributed by atoms with Crippen LogP contribution in [0.1, 0.15) is 83.4 Å². The molecular formula is C27H41NOS. The SMILES string of the molecule is CCCCCCC(Cc1ccccc1)C(NC(O)CC)c1ccc(SC(C)C)cc1. The van der Waals surface area contributed by atoms with E-state index in [1.807, 2.05) is 18.7 Å². The minimum Gasteiger partial charge on any atom is -0.379 e. The largest absolute Gasteiger partial charge is 0.379 e. The van der Waals surface area contributed by atoms with Gasteiger partial charge in [0.2, 0.25) is 0 Å². The number of aliphatic hydroxyl groups is 1. The summed E-state index contributed by atoms with van der Waals surface area (Å²) in [7, 11) is 0. The highest BCUT2D eigenvalue weighted by Crippen LogP contribution is 2.32. The average molecular weight is 428 g/mol. The Morgan fingerprint density at radius 2 is 1.60 bits per heavy atom. The van der Waals surface area contributed by atoms with Crippen LogP contribution in [-0.2, 0) is 6.42 Å². The van der Waals surface area contributed by atoms with Crippen LogP contribution in [-0.4, -0.2) is 16.6 Å². The Morgan fingerprint density at radius 3 is 2.20 bits per heavy atom. The monoisotopic (exact) mass is 427 g/mol. The van der Waals surface area contributed by atoms with Gasteiger partial charge in [-0.15, -0.1) is 11.8 Å². The zero-order valence-electron chi connectivity index (χ0n) is 19.3. The van der Waals surface area contributed by atoms with Crippen molar-refractivity contribution in [3.05, 3.63) is 65.7 Å². The van der Waals surface area contributed by atoms with Crippen LogP contribution in [0.15, 0.2) is 59.5 Å². The van der Waals surface area contributed by atoms with Crippen LogP contribution in [0.25, 0.3) is 0 Å². The Morgan fingerprint density at radius 1 is 0.900 bits per heavy atom. The topological polar surface area (TPSA) is 32.3 Å². The van der Waals surface area contributed by atoms with E-state index in [0.717, 1.165) is 6.42 Å². The fraction of sp³-hybridized carbons (Fsp3) is 0.556. The van der Waals surface area contributed by atoms with Gasteiger partial charge >= 0.3 is 0 Å². The van der Waals surface area contributed by atoms with Gasteiger partial charge in [-0.1, -0.05) is 95.8 Å².